The summed E-state index contributed by atoms with van der Waals surface area (Å²) in [6.07, 6.45) is 8.13. The molecule has 112 valence electrons. The third-order valence-corrected chi connectivity index (χ3v) is 4.32. The van der Waals surface area contributed by atoms with Crippen LogP contribution in [0.25, 0.3) is 0 Å². The molecule has 2 rings (SSSR count). The lowest BCUT2D eigenvalue weighted by atomic mass is 9.96. The highest BCUT2D eigenvalue weighted by Gasteiger charge is 2.22. The van der Waals surface area contributed by atoms with Gasteiger partial charge >= 0.3 is 0 Å². The van der Waals surface area contributed by atoms with Crippen molar-refractivity contribution in [3.05, 3.63) is 11.9 Å². The lowest BCUT2D eigenvalue weighted by molar-refractivity contribution is 0.435. The molecule has 0 aliphatic carbocycles. The molecule has 0 radical (unpaired) electrons. The molecule has 2 heterocycles. The number of anilines is 2. The van der Waals surface area contributed by atoms with Gasteiger partial charge in [0.25, 0.3) is 0 Å². The Labute approximate surface area is 122 Å². The summed E-state index contributed by atoms with van der Waals surface area (Å²) in [5.74, 6) is 2.94. The van der Waals surface area contributed by atoms with Gasteiger partial charge < -0.3 is 10.6 Å². The van der Waals surface area contributed by atoms with Crippen LogP contribution in [0.15, 0.2) is 6.33 Å². The molecule has 20 heavy (non-hydrogen) atoms. The van der Waals surface area contributed by atoms with Gasteiger partial charge in [-0.25, -0.2) is 9.97 Å². The SMILES string of the molecule is CCCC1CCCN(c2ncnc(N)c2C(C)C)CC1. The zero-order valence-electron chi connectivity index (χ0n) is 13.1. The fourth-order valence-corrected chi connectivity index (χ4v) is 3.28. The Morgan fingerprint density at radius 1 is 1.30 bits per heavy atom. The molecule has 1 saturated heterocycles. The monoisotopic (exact) mass is 276 g/mol. The first-order chi connectivity index (χ1) is 9.63. The molecule has 0 bridgehead atoms. The molecule has 1 aromatic rings. The molecule has 1 aromatic heterocycles. The van der Waals surface area contributed by atoms with Crippen LogP contribution in [0.1, 0.15) is 64.4 Å². The highest BCUT2D eigenvalue weighted by atomic mass is 15.2. The van der Waals surface area contributed by atoms with Gasteiger partial charge in [0.2, 0.25) is 0 Å². The van der Waals surface area contributed by atoms with Gasteiger partial charge in [0.05, 0.1) is 0 Å². The molecule has 0 saturated carbocycles. The van der Waals surface area contributed by atoms with Gasteiger partial charge in [-0.2, -0.15) is 0 Å². The number of hydrogen-bond acceptors (Lipinski definition) is 4. The molecule has 1 unspecified atom stereocenters. The molecule has 1 aliphatic heterocycles. The summed E-state index contributed by atoms with van der Waals surface area (Å²) >= 11 is 0. The number of aromatic nitrogens is 2. The van der Waals surface area contributed by atoms with Gasteiger partial charge in [-0.3, -0.25) is 0 Å². The third kappa shape index (κ3) is 3.41. The molecule has 1 aliphatic rings. The van der Waals surface area contributed by atoms with Crippen LogP contribution in [-0.2, 0) is 0 Å². The van der Waals surface area contributed by atoms with Crippen LogP contribution in [0.5, 0.6) is 0 Å². The van der Waals surface area contributed by atoms with E-state index >= 15 is 0 Å². The Morgan fingerprint density at radius 3 is 2.80 bits per heavy atom. The Morgan fingerprint density at radius 2 is 2.10 bits per heavy atom. The molecule has 0 amide bonds. The maximum Gasteiger partial charge on any atom is 0.137 e. The van der Waals surface area contributed by atoms with Gasteiger partial charge in [0.1, 0.15) is 18.0 Å². The predicted octanol–water partition coefficient (Wildman–Crippen LogP) is 3.59. The summed E-state index contributed by atoms with van der Waals surface area (Å²) in [6.45, 7) is 8.80. The molecule has 1 atom stereocenters. The second-order valence-electron chi connectivity index (χ2n) is 6.22. The Hall–Kier alpha value is -1.32. The van der Waals surface area contributed by atoms with Crippen molar-refractivity contribution in [2.75, 3.05) is 23.7 Å². The first kappa shape index (κ1) is 15.1. The number of nitrogens with zero attached hydrogens (tertiary/aromatic N) is 3. The van der Waals surface area contributed by atoms with E-state index in [-0.39, 0.29) is 0 Å². The molecular formula is C16H28N4. The van der Waals surface area contributed by atoms with Crippen molar-refractivity contribution in [3.8, 4) is 0 Å². The van der Waals surface area contributed by atoms with Crippen LogP contribution in [0.4, 0.5) is 11.6 Å². The van der Waals surface area contributed by atoms with Crippen molar-refractivity contribution in [2.24, 2.45) is 5.92 Å². The quantitative estimate of drug-likeness (QED) is 0.913. The molecular weight excluding hydrogens is 248 g/mol. The van der Waals surface area contributed by atoms with Crippen LogP contribution in [-0.4, -0.2) is 23.1 Å². The predicted molar refractivity (Wildman–Crippen MR) is 85.0 cm³/mol. The summed E-state index contributed by atoms with van der Waals surface area (Å²) in [4.78, 5) is 11.1. The Bertz CT molecular complexity index is 430. The van der Waals surface area contributed by atoms with Crippen molar-refractivity contribution < 1.29 is 0 Å². The number of nitrogen functional groups attached to an aromatic ring is 1. The maximum absolute atomic E-state index is 6.07. The first-order valence-corrected chi connectivity index (χ1v) is 7.98. The molecule has 1 fully saturated rings. The Balaban J connectivity index is 2.17. The van der Waals surface area contributed by atoms with Gasteiger partial charge in [-0.05, 0) is 31.1 Å². The molecule has 4 heteroatoms. The Kier molecular flexibility index (Phi) is 5.21. The van der Waals surface area contributed by atoms with Crippen molar-refractivity contribution in [3.63, 3.8) is 0 Å². The smallest absolute Gasteiger partial charge is 0.137 e. The van der Waals surface area contributed by atoms with Crippen LogP contribution in [0, 0.1) is 5.92 Å². The van der Waals surface area contributed by atoms with E-state index in [1.54, 1.807) is 6.33 Å². The van der Waals surface area contributed by atoms with Crippen molar-refractivity contribution in [1.29, 1.82) is 0 Å². The third-order valence-electron chi connectivity index (χ3n) is 4.32. The van der Waals surface area contributed by atoms with E-state index < -0.39 is 0 Å². The zero-order chi connectivity index (χ0) is 14.5. The first-order valence-electron chi connectivity index (χ1n) is 7.98. The summed E-state index contributed by atoms with van der Waals surface area (Å²) in [7, 11) is 0. The molecule has 0 aromatic carbocycles. The standard InChI is InChI=1S/C16H28N4/c1-4-6-13-7-5-9-20(10-8-13)16-14(12(2)3)15(17)18-11-19-16/h11-13H,4-10H2,1-3H3,(H2,17,18,19). The minimum atomic E-state index is 0.362. The van der Waals surface area contributed by atoms with Crippen LogP contribution in [0.3, 0.4) is 0 Å². The molecule has 0 spiro atoms. The molecule has 2 N–H and O–H groups in total. The van der Waals surface area contributed by atoms with Crippen LogP contribution >= 0.6 is 0 Å². The summed E-state index contributed by atoms with van der Waals surface area (Å²) in [5, 5.41) is 0. The fraction of sp³-hybridized carbons (Fsp3) is 0.750. The largest absolute Gasteiger partial charge is 0.383 e. The fourth-order valence-electron chi connectivity index (χ4n) is 3.28. The van der Waals surface area contributed by atoms with Gasteiger partial charge in [-0.1, -0.05) is 33.6 Å². The molecule has 4 nitrogen and oxygen atoms in total. The topological polar surface area (TPSA) is 55.0 Å². The lowest BCUT2D eigenvalue weighted by Crippen LogP contribution is -2.27. The van der Waals surface area contributed by atoms with Gasteiger partial charge in [0.15, 0.2) is 0 Å². The van der Waals surface area contributed by atoms with Crippen molar-refractivity contribution in [1.82, 2.24) is 9.97 Å². The van der Waals surface area contributed by atoms with Crippen LogP contribution < -0.4 is 10.6 Å². The van der Waals surface area contributed by atoms with Crippen molar-refractivity contribution >= 4 is 11.6 Å². The van der Waals surface area contributed by atoms with E-state index in [0.29, 0.717) is 11.7 Å². The second-order valence-corrected chi connectivity index (χ2v) is 6.22. The van der Waals surface area contributed by atoms with E-state index in [4.69, 9.17) is 5.73 Å². The van der Waals surface area contributed by atoms with E-state index in [1.165, 1.54) is 32.1 Å². The second kappa shape index (κ2) is 6.91. The summed E-state index contributed by atoms with van der Waals surface area (Å²) < 4.78 is 0. The minimum absolute atomic E-state index is 0.362. The number of hydrogen-bond donors (Lipinski definition) is 1. The number of nitrogens with two attached hydrogens (primary N) is 1. The van der Waals surface area contributed by atoms with Crippen LogP contribution in [0.2, 0.25) is 0 Å². The minimum Gasteiger partial charge on any atom is -0.383 e. The van der Waals surface area contributed by atoms with E-state index in [9.17, 15) is 0 Å². The summed E-state index contributed by atoms with van der Waals surface area (Å²) in [5.41, 5.74) is 7.18. The highest BCUT2D eigenvalue weighted by molar-refractivity contribution is 5.58. The van der Waals surface area contributed by atoms with E-state index in [2.05, 4.69) is 35.6 Å². The average Bonchev–Trinajstić information content (AvgIpc) is 2.64. The van der Waals surface area contributed by atoms with Crippen molar-refractivity contribution in [2.45, 2.75) is 58.8 Å². The average molecular weight is 276 g/mol. The number of rotatable bonds is 4. The van der Waals surface area contributed by atoms with Gasteiger partial charge in [-0.15, -0.1) is 0 Å². The van der Waals surface area contributed by atoms with E-state index in [0.717, 1.165) is 30.4 Å². The zero-order valence-corrected chi connectivity index (χ0v) is 13.1. The lowest BCUT2D eigenvalue weighted by Gasteiger charge is -2.26. The van der Waals surface area contributed by atoms with Gasteiger partial charge in [0, 0.05) is 18.7 Å². The summed E-state index contributed by atoms with van der Waals surface area (Å²) in [6, 6.07) is 0. The maximum atomic E-state index is 6.07. The highest BCUT2D eigenvalue weighted by Crippen LogP contribution is 2.31. The normalized spacial score (nSPS) is 20.2. The van der Waals surface area contributed by atoms with E-state index in [1.807, 2.05) is 0 Å².